The molecule has 0 heterocycles. The van der Waals surface area contributed by atoms with Crippen LogP contribution >= 0.6 is 0 Å². The highest BCUT2D eigenvalue weighted by atomic mass is 16.4. The zero-order valence-electron chi connectivity index (χ0n) is 24.9. The van der Waals surface area contributed by atoms with Crippen LogP contribution in [0.1, 0.15) is 58.8 Å². The minimum absolute atomic E-state index is 0.135. The highest BCUT2D eigenvalue weighted by Gasteiger charge is 2.33. The Balaban J connectivity index is 5.88. The summed E-state index contributed by atoms with van der Waals surface area (Å²) in [5.74, 6) is -12.1. The lowest BCUT2D eigenvalue weighted by atomic mass is 10.1. The molecule has 0 saturated carbocycles. The van der Waals surface area contributed by atoms with Gasteiger partial charge < -0.3 is 58.5 Å². The summed E-state index contributed by atoms with van der Waals surface area (Å²) < 4.78 is 0. The summed E-state index contributed by atoms with van der Waals surface area (Å²) in [5.41, 5.74) is 10.6. The average molecular weight is 662 g/mol. The Hall–Kier alpha value is -5.34. The van der Waals surface area contributed by atoms with Crippen molar-refractivity contribution in [2.24, 2.45) is 11.5 Å². The molecule has 0 radical (unpaired) electrons. The molecule has 0 aromatic carbocycles. The largest absolute Gasteiger partial charge is 0.481 e. The molecular weight excluding hydrogens is 622 g/mol. The summed E-state index contributed by atoms with van der Waals surface area (Å²) in [6, 6.07) is -9.36. The molecule has 21 heteroatoms. The number of carbonyl (C=O) groups is 10. The fourth-order valence-corrected chi connectivity index (χ4v) is 3.49. The van der Waals surface area contributed by atoms with Crippen LogP contribution in [-0.2, 0) is 47.9 Å². The number of hydrogen-bond donors (Lipinski definition) is 11. The van der Waals surface area contributed by atoms with Gasteiger partial charge in [0, 0.05) is 19.3 Å². The van der Waals surface area contributed by atoms with Gasteiger partial charge in [0.25, 0.3) is 0 Å². The number of amides is 6. The molecule has 0 bridgehead atoms. The predicted octanol–water partition coefficient (Wildman–Crippen LogP) is -4.67. The van der Waals surface area contributed by atoms with Crippen molar-refractivity contribution >= 4 is 59.3 Å². The van der Waals surface area contributed by atoms with Crippen molar-refractivity contribution in [3.8, 4) is 0 Å². The highest BCUT2D eigenvalue weighted by molar-refractivity contribution is 5.97. The quantitative estimate of drug-likeness (QED) is 0.0519. The monoisotopic (exact) mass is 661 g/mol. The van der Waals surface area contributed by atoms with Crippen molar-refractivity contribution in [3.63, 3.8) is 0 Å². The topological polar surface area (TPSA) is 364 Å². The Kier molecular flexibility index (Phi) is 17.5. The summed E-state index contributed by atoms with van der Waals surface area (Å²) in [7, 11) is 0. The summed E-state index contributed by atoms with van der Waals surface area (Å²) >= 11 is 0. The molecule has 0 saturated heterocycles. The van der Waals surface area contributed by atoms with E-state index in [1.54, 1.807) is 0 Å². The summed E-state index contributed by atoms with van der Waals surface area (Å²) in [4.78, 5) is 119. The standard InChI is InChI=1S/C25H39N7O14/c1-10(28-21(41)12(26)3-6-16(27)33)20(40)30-14(5-8-18(36)37)23(43)32-15(9-19(38)39)24(44)31-13(4-7-17(34)35)22(42)29-11(2)25(45)46/h10-15H,3-9,26H2,1-2H3,(H2,27,33)(H,28,41)(H,29,42)(H,30,40)(H,31,44)(H,32,43)(H,34,35)(H,36,37)(H,38,39)(H,45,46)/t10-,11-,12-,13-,14-,15-/m0/s1. The van der Waals surface area contributed by atoms with Crippen molar-refractivity contribution in [2.75, 3.05) is 0 Å². The third kappa shape index (κ3) is 16.5. The van der Waals surface area contributed by atoms with E-state index in [9.17, 15) is 53.1 Å². The lowest BCUT2D eigenvalue weighted by molar-refractivity contribution is -0.143. The van der Waals surface area contributed by atoms with Gasteiger partial charge in [-0.2, -0.15) is 0 Å². The maximum absolute atomic E-state index is 13.1. The Labute approximate surface area is 261 Å². The van der Waals surface area contributed by atoms with Crippen molar-refractivity contribution in [1.82, 2.24) is 26.6 Å². The van der Waals surface area contributed by atoms with Gasteiger partial charge in [0.05, 0.1) is 12.5 Å². The number of carbonyl (C=O) groups excluding carboxylic acids is 6. The molecule has 6 atom stereocenters. The maximum atomic E-state index is 13.1. The second kappa shape index (κ2) is 19.8. The van der Waals surface area contributed by atoms with Crippen LogP contribution in [0.3, 0.4) is 0 Å². The molecule has 0 aromatic rings. The smallest absolute Gasteiger partial charge is 0.325 e. The minimum Gasteiger partial charge on any atom is -0.481 e. The summed E-state index contributed by atoms with van der Waals surface area (Å²) in [6.45, 7) is 2.27. The van der Waals surface area contributed by atoms with Crippen molar-refractivity contribution in [1.29, 1.82) is 0 Å². The third-order valence-corrected chi connectivity index (χ3v) is 6.09. The lowest BCUT2D eigenvalue weighted by Crippen LogP contribution is -2.59. The number of primary amides is 1. The first kappa shape index (κ1) is 40.7. The Bertz CT molecular complexity index is 1190. The fourth-order valence-electron chi connectivity index (χ4n) is 3.49. The van der Waals surface area contributed by atoms with Gasteiger partial charge in [-0.15, -0.1) is 0 Å². The van der Waals surface area contributed by atoms with Crippen molar-refractivity contribution in [2.45, 2.75) is 95.0 Å². The normalized spacial score (nSPS) is 14.5. The Morgan fingerprint density at radius 2 is 0.935 bits per heavy atom. The van der Waals surface area contributed by atoms with E-state index in [4.69, 9.17) is 26.8 Å². The van der Waals surface area contributed by atoms with Gasteiger partial charge in [-0.3, -0.25) is 47.9 Å². The minimum atomic E-state index is -1.95. The van der Waals surface area contributed by atoms with Crippen LogP contribution < -0.4 is 38.1 Å². The van der Waals surface area contributed by atoms with Crippen LogP contribution in [0.25, 0.3) is 0 Å². The van der Waals surface area contributed by atoms with Gasteiger partial charge in [-0.05, 0) is 33.1 Å². The molecule has 46 heavy (non-hydrogen) atoms. The number of aliphatic carboxylic acids is 4. The predicted molar refractivity (Wildman–Crippen MR) is 151 cm³/mol. The SMILES string of the molecule is C[C@H](NC(=O)[C@H](CCC(=O)O)NC(=O)[C@H](CC(=O)O)NC(=O)[C@H](CCC(=O)O)NC(=O)[C@H](C)NC(=O)[C@@H](N)CCC(N)=O)C(=O)O. The third-order valence-electron chi connectivity index (χ3n) is 6.09. The molecule has 21 nitrogen and oxygen atoms in total. The van der Waals surface area contributed by atoms with Crippen LogP contribution in [0.4, 0.5) is 0 Å². The molecule has 258 valence electrons. The number of hydrogen-bond acceptors (Lipinski definition) is 11. The Morgan fingerprint density at radius 1 is 0.522 bits per heavy atom. The average Bonchev–Trinajstić information content (AvgIpc) is 2.94. The number of nitrogens with two attached hydrogens (primary N) is 2. The zero-order chi connectivity index (χ0) is 35.7. The van der Waals surface area contributed by atoms with Gasteiger partial charge in [0.2, 0.25) is 35.4 Å². The number of rotatable bonds is 22. The van der Waals surface area contributed by atoms with E-state index in [1.165, 1.54) is 6.92 Å². The first-order valence-corrected chi connectivity index (χ1v) is 13.7. The molecule has 0 fully saturated rings. The molecule has 0 unspecified atom stereocenters. The van der Waals surface area contributed by atoms with Gasteiger partial charge in [0.15, 0.2) is 0 Å². The fraction of sp³-hybridized carbons (Fsp3) is 0.600. The van der Waals surface area contributed by atoms with E-state index in [2.05, 4.69) is 16.0 Å². The van der Waals surface area contributed by atoms with Crippen LogP contribution in [-0.4, -0.2) is 116 Å². The van der Waals surface area contributed by atoms with E-state index >= 15 is 0 Å². The van der Waals surface area contributed by atoms with E-state index in [-0.39, 0.29) is 12.8 Å². The van der Waals surface area contributed by atoms with E-state index < -0.39 is 128 Å². The molecule has 0 aliphatic carbocycles. The van der Waals surface area contributed by atoms with Gasteiger partial charge in [0.1, 0.15) is 30.2 Å². The molecule has 6 amide bonds. The van der Waals surface area contributed by atoms with Crippen LogP contribution in [0.5, 0.6) is 0 Å². The maximum Gasteiger partial charge on any atom is 0.325 e. The van der Waals surface area contributed by atoms with E-state index in [0.717, 1.165) is 6.92 Å². The first-order chi connectivity index (χ1) is 21.2. The number of carboxylic acid groups (broad SMARTS) is 4. The van der Waals surface area contributed by atoms with Gasteiger partial charge in [-0.1, -0.05) is 0 Å². The highest BCUT2D eigenvalue weighted by Crippen LogP contribution is 2.05. The lowest BCUT2D eigenvalue weighted by Gasteiger charge is -2.25. The van der Waals surface area contributed by atoms with E-state index in [0.29, 0.717) is 0 Å². The van der Waals surface area contributed by atoms with Crippen LogP contribution in [0.2, 0.25) is 0 Å². The molecule has 0 aromatic heterocycles. The summed E-state index contributed by atoms with van der Waals surface area (Å²) in [6.07, 6.45) is -3.93. The molecule has 0 aliphatic heterocycles. The second-order valence-electron chi connectivity index (χ2n) is 10.1. The van der Waals surface area contributed by atoms with Crippen molar-refractivity contribution < 1.29 is 68.4 Å². The first-order valence-electron chi connectivity index (χ1n) is 13.7. The molecule has 13 N–H and O–H groups in total. The van der Waals surface area contributed by atoms with Crippen LogP contribution in [0, 0.1) is 0 Å². The van der Waals surface area contributed by atoms with Gasteiger partial charge >= 0.3 is 23.9 Å². The van der Waals surface area contributed by atoms with Crippen molar-refractivity contribution in [3.05, 3.63) is 0 Å². The molecular formula is C25H39N7O14. The summed E-state index contributed by atoms with van der Waals surface area (Å²) in [5, 5.41) is 46.9. The van der Waals surface area contributed by atoms with E-state index in [1.807, 2.05) is 10.6 Å². The number of nitrogens with one attached hydrogen (secondary N) is 5. The Morgan fingerprint density at radius 3 is 1.37 bits per heavy atom. The second-order valence-corrected chi connectivity index (χ2v) is 10.1. The molecule has 0 aliphatic rings. The van der Waals surface area contributed by atoms with Crippen LogP contribution in [0.15, 0.2) is 0 Å². The molecule has 0 spiro atoms. The van der Waals surface area contributed by atoms with Gasteiger partial charge in [-0.25, -0.2) is 0 Å². The number of carboxylic acids is 4. The zero-order valence-corrected chi connectivity index (χ0v) is 24.9. The molecule has 0 rings (SSSR count).